The Morgan fingerprint density at radius 3 is 2.61 bits per heavy atom. The van der Waals surface area contributed by atoms with Crippen LogP contribution < -0.4 is 4.74 Å². The van der Waals surface area contributed by atoms with E-state index in [9.17, 15) is 9.59 Å². The molecule has 96 valence electrons. The summed E-state index contributed by atoms with van der Waals surface area (Å²) in [7, 11) is 1.38. The number of carboxylic acid groups (broad SMARTS) is 1. The van der Waals surface area contributed by atoms with Crippen molar-refractivity contribution in [1.82, 2.24) is 0 Å². The average Bonchev–Trinajstić information content (AvgIpc) is 2.36. The number of carboxylic acids is 1. The maximum atomic E-state index is 11.8. The number of methoxy groups -OCH3 is 1. The second kappa shape index (κ2) is 4.98. The highest BCUT2D eigenvalue weighted by Crippen LogP contribution is 2.37. The minimum Gasteiger partial charge on any atom is -0.494 e. The smallest absolute Gasteiger partial charge is 0.377 e. The van der Waals surface area contributed by atoms with E-state index in [4.69, 9.17) is 21.4 Å². The Balaban J connectivity index is 2.69. The topological polar surface area (TPSA) is 63.6 Å². The van der Waals surface area contributed by atoms with Crippen molar-refractivity contribution >= 4 is 23.4 Å². The molecule has 0 aliphatic heterocycles. The fourth-order valence-corrected chi connectivity index (χ4v) is 2.70. The van der Waals surface area contributed by atoms with Crippen LogP contribution in [0, 0.1) is 0 Å². The lowest BCUT2D eigenvalue weighted by atomic mass is 9.86. The molecule has 0 spiro atoms. The Morgan fingerprint density at radius 1 is 1.33 bits per heavy atom. The normalized spacial score (nSPS) is 13.9. The molecule has 1 aromatic carbocycles. The van der Waals surface area contributed by atoms with Gasteiger partial charge in [0.15, 0.2) is 0 Å². The number of carbonyl (C=O) groups is 2. The van der Waals surface area contributed by atoms with Crippen molar-refractivity contribution in [3.63, 3.8) is 0 Å². The van der Waals surface area contributed by atoms with Gasteiger partial charge in [0.05, 0.1) is 17.7 Å². The van der Waals surface area contributed by atoms with E-state index >= 15 is 0 Å². The monoisotopic (exact) mass is 268 g/mol. The molecule has 4 nitrogen and oxygen atoms in total. The van der Waals surface area contributed by atoms with Gasteiger partial charge in [-0.3, -0.25) is 4.79 Å². The summed E-state index contributed by atoms with van der Waals surface area (Å²) in [4.78, 5) is 22.7. The Labute approximate surface area is 110 Å². The minimum atomic E-state index is -1.48. The molecule has 1 aromatic rings. The lowest BCUT2D eigenvalue weighted by Gasteiger charge is -2.21. The van der Waals surface area contributed by atoms with E-state index in [1.54, 1.807) is 6.07 Å². The third-order valence-corrected chi connectivity index (χ3v) is 3.46. The molecular weight excluding hydrogens is 256 g/mol. The number of carbonyl (C=O) groups excluding carboxylic acids is 1. The third-order valence-electron chi connectivity index (χ3n) is 3.18. The molecule has 0 saturated heterocycles. The second-order valence-electron chi connectivity index (χ2n) is 4.25. The van der Waals surface area contributed by atoms with Gasteiger partial charge in [0, 0.05) is 0 Å². The van der Waals surface area contributed by atoms with Crippen molar-refractivity contribution in [1.29, 1.82) is 0 Å². The molecule has 18 heavy (non-hydrogen) atoms. The fourth-order valence-electron chi connectivity index (χ4n) is 2.40. The highest BCUT2D eigenvalue weighted by Gasteiger charge is 2.28. The molecule has 0 saturated carbocycles. The number of fused-ring (bicyclic) bond motifs is 1. The van der Waals surface area contributed by atoms with Crippen LogP contribution >= 0.6 is 11.6 Å². The number of halogens is 1. The summed E-state index contributed by atoms with van der Waals surface area (Å²) in [5.74, 6) is -2.26. The molecule has 0 unspecified atom stereocenters. The zero-order valence-corrected chi connectivity index (χ0v) is 10.7. The number of ketones is 1. The molecule has 2 rings (SSSR count). The molecule has 0 heterocycles. The predicted molar refractivity (Wildman–Crippen MR) is 66.6 cm³/mol. The molecule has 1 N–H and O–H groups in total. The summed E-state index contributed by atoms with van der Waals surface area (Å²) in [5, 5.41) is 9.19. The van der Waals surface area contributed by atoms with Crippen LogP contribution in [-0.2, 0) is 17.6 Å². The Kier molecular flexibility index (Phi) is 3.57. The van der Waals surface area contributed by atoms with Gasteiger partial charge in [0.1, 0.15) is 5.75 Å². The number of aliphatic carboxylic acids is 1. The number of rotatable bonds is 3. The summed E-state index contributed by atoms with van der Waals surface area (Å²) in [6, 6.07) is 1.77. The van der Waals surface area contributed by atoms with Gasteiger partial charge in [-0.15, -0.1) is 0 Å². The zero-order chi connectivity index (χ0) is 13.3. The molecule has 0 bridgehead atoms. The van der Waals surface area contributed by atoms with E-state index in [0.29, 0.717) is 11.4 Å². The first-order valence-electron chi connectivity index (χ1n) is 5.72. The van der Waals surface area contributed by atoms with Gasteiger partial charge in [-0.05, 0) is 42.9 Å². The molecule has 5 heteroatoms. The van der Waals surface area contributed by atoms with Crippen molar-refractivity contribution < 1.29 is 19.4 Å². The van der Waals surface area contributed by atoms with E-state index in [1.165, 1.54) is 7.11 Å². The van der Waals surface area contributed by atoms with E-state index in [-0.39, 0.29) is 11.3 Å². The Bertz CT molecular complexity index is 522. The van der Waals surface area contributed by atoms with Gasteiger partial charge in [-0.1, -0.05) is 11.6 Å². The molecule has 0 fully saturated rings. The summed E-state index contributed by atoms with van der Waals surface area (Å²) in [6.07, 6.45) is 3.48. The van der Waals surface area contributed by atoms with Crippen molar-refractivity contribution in [3.8, 4) is 5.75 Å². The number of ether oxygens (including phenoxy) is 1. The molecule has 0 aromatic heterocycles. The highest BCUT2D eigenvalue weighted by atomic mass is 35.5. The highest BCUT2D eigenvalue weighted by molar-refractivity contribution is 6.42. The van der Waals surface area contributed by atoms with Crippen LogP contribution in [0.25, 0.3) is 0 Å². The summed E-state index contributed by atoms with van der Waals surface area (Å²) in [5.41, 5.74) is 1.85. The van der Waals surface area contributed by atoms with Crippen LogP contribution in [0.15, 0.2) is 6.07 Å². The average molecular weight is 269 g/mol. The van der Waals surface area contributed by atoms with Crippen LogP contribution in [0.2, 0.25) is 5.02 Å². The van der Waals surface area contributed by atoms with Crippen molar-refractivity contribution in [2.45, 2.75) is 25.7 Å². The molecular formula is C13H13ClO4. The van der Waals surface area contributed by atoms with E-state index in [1.807, 2.05) is 0 Å². The van der Waals surface area contributed by atoms with Crippen molar-refractivity contribution in [2.24, 2.45) is 0 Å². The van der Waals surface area contributed by atoms with Gasteiger partial charge >= 0.3 is 5.97 Å². The van der Waals surface area contributed by atoms with E-state index in [0.717, 1.165) is 30.4 Å². The summed E-state index contributed by atoms with van der Waals surface area (Å²) < 4.78 is 5.10. The lowest BCUT2D eigenvalue weighted by molar-refractivity contribution is -0.131. The maximum Gasteiger partial charge on any atom is 0.377 e. The number of benzene rings is 1. The summed E-state index contributed by atoms with van der Waals surface area (Å²) in [6.45, 7) is 0. The largest absolute Gasteiger partial charge is 0.494 e. The van der Waals surface area contributed by atoms with Gasteiger partial charge in [-0.25, -0.2) is 4.79 Å². The molecule has 0 radical (unpaired) electrons. The lowest BCUT2D eigenvalue weighted by Crippen LogP contribution is -2.19. The Morgan fingerprint density at radius 2 is 2.00 bits per heavy atom. The fraction of sp³-hybridized carbons (Fsp3) is 0.385. The minimum absolute atomic E-state index is 0.118. The zero-order valence-electron chi connectivity index (χ0n) is 9.96. The van der Waals surface area contributed by atoms with E-state index < -0.39 is 11.8 Å². The SMILES string of the molecule is COc1c(Cl)cc2c(c1C(=O)C(=O)O)CCCC2. The number of Topliss-reactive ketones (excluding diaryl/α,β-unsaturated/α-hetero) is 1. The second-order valence-corrected chi connectivity index (χ2v) is 4.65. The molecule has 1 aliphatic carbocycles. The van der Waals surface area contributed by atoms with Gasteiger partial charge < -0.3 is 9.84 Å². The van der Waals surface area contributed by atoms with E-state index in [2.05, 4.69) is 0 Å². The first-order valence-corrected chi connectivity index (χ1v) is 6.10. The predicted octanol–water partition coefficient (Wildman–Crippen LogP) is 2.49. The Hall–Kier alpha value is -1.55. The van der Waals surface area contributed by atoms with Gasteiger partial charge in [0.25, 0.3) is 5.78 Å². The standard InChI is InChI=1S/C13H13ClO4/c1-18-12-9(14)6-7-4-2-3-5-8(7)10(12)11(15)13(16)17/h6H,2-5H2,1H3,(H,16,17). The molecule has 0 amide bonds. The van der Waals surface area contributed by atoms with Crippen LogP contribution in [0.1, 0.15) is 34.3 Å². The van der Waals surface area contributed by atoms with Crippen LogP contribution in [0.3, 0.4) is 0 Å². The number of hydrogen-bond acceptors (Lipinski definition) is 3. The first kappa shape index (κ1) is 12.9. The maximum absolute atomic E-state index is 11.8. The first-order chi connectivity index (χ1) is 8.56. The number of aryl methyl sites for hydroxylation is 1. The molecule has 1 aliphatic rings. The van der Waals surface area contributed by atoms with Crippen molar-refractivity contribution in [2.75, 3.05) is 7.11 Å². The quantitative estimate of drug-likeness (QED) is 0.676. The molecule has 0 atom stereocenters. The van der Waals surface area contributed by atoms with Crippen LogP contribution in [0.5, 0.6) is 5.75 Å². The van der Waals surface area contributed by atoms with Crippen molar-refractivity contribution in [3.05, 3.63) is 27.8 Å². The van der Waals surface area contributed by atoms with Gasteiger partial charge in [-0.2, -0.15) is 0 Å². The van der Waals surface area contributed by atoms with Gasteiger partial charge in [0.2, 0.25) is 0 Å². The summed E-state index contributed by atoms with van der Waals surface area (Å²) >= 11 is 6.05. The van der Waals surface area contributed by atoms with Crippen LogP contribution in [0.4, 0.5) is 0 Å². The third kappa shape index (κ3) is 2.08. The van der Waals surface area contributed by atoms with Crippen LogP contribution in [-0.4, -0.2) is 24.0 Å². The number of hydrogen-bond donors (Lipinski definition) is 1.